The van der Waals surface area contributed by atoms with Crippen molar-refractivity contribution in [1.29, 1.82) is 0 Å². The summed E-state index contributed by atoms with van der Waals surface area (Å²) in [5.41, 5.74) is 0.338. The Hall–Kier alpha value is -1.77. The number of allylic oxidation sites excluding steroid dienone is 1. The van der Waals surface area contributed by atoms with E-state index in [-0.39, 0.29) is 10.8 Å². The van der Waals surface area contributed by atoms with Crippen molar-refractivity contribution in [1.82, 2.24) is 4.90 Å². The molecule has 134 valence electrons. The third-order valence-electron chi connectivity index (χ3n) is 3.49. The minimum Gasteiger partial charge on any atom is -0.298 e. The summed E-state index contributed by atoms with van der Waals surface area (Å²) in [7, 11) is 1.94. The van der Waals surface area contributed by atoms with Crippen molar-refractivity contribution in [2.75, 3.05) is 13.6 Å². The van der Waals surface area contributed by atoms with Crippen LogP contribution in [-0.2, 0) is 12.7 Å². The molecule has 0 spiro atoms. The van der Waals surface area contributed by atoms with Crippen molar-refractivity contribution in [3.8, 4) is 11.8 Å². The van der Waals surface area contributed by atoms with E-state index in [1.807, 2.05) is 25.3 Å². The molecular formula is C20H22F3NS. The molecule has 2 rings (SSSR count). The van der Waals surface area contributed by atoms with E-state index in [1.165, 1.54) is 5.38 Å². The van der Waals surface area contributed by atoms with Crippen LogP contribution in [0.2, 0.25) is 0 Å². The fourth-order valence-corrected chi connectivity index (χ4v) is 3.45. The topological polar surface area (TPSA) is 3.24 Å². The quantitative estimate of drug-likeness (QED) is 0.605. The number of likely N-dealkylation sites (N-methyl/N-ethyl adjacent to an activating group) is 1. The van der Waals surface area contributed by atoms with Gasteiger partial charge in [-0.15, -0.1) is 11.3 Å². The normalized spacial score (nSPS) is 12.8. The first kappa shape index (κ1) is 19.6. The lowest BCUT2D eigenvalue weighted by Crippen LogP contribution is -2.17. The molecule has 0 saturated heterocycles. The van der Waals surface area contributed by atoms with E-state index in [2.05, 4.69) is 37.5 Å². The fraction of sp³-hybridized carbons (Fsp3) is 0.400. The second-order valence-electron chi connectivity index (χ2n) is 7.06. The molecule has 0 radical (unpaired) electrons. The van der Waals surface area contributed by atoms with Gasteiger partial charge in [0.25, 0.3) is 0 Å². The first-order valence-electron chi connectivity index (χ1n) is 8.00. The second-order valence-corrected chi connectivity index (χ2v) is 7.94. The fourth-order valence-electron chi connectivity index (χ4n) is 2.37. The molecule has 1 aromatic carbocycles. The van der Waals surface area contributed by atoms with Crippen molar-refractivity contribution < 1.29 is 13.2 Å². The smallest absolute Gasteiger partial charge is 0.298 e. The van der Waals surface area contributed by atoms with Gasteiger partial charge in [0, 0.05) is 34.0 Å². The van der Waals surface area contributed by atoms with Crippen molar-refractivity contribution in [3.63, 3.8) is 0 Å². The molecule has 25 heavy (non-hydrogen) atoms. The number of rotatable bonds is 4. The van der Waals surface area contributed by atoms with Crippen LogP contribution in [0.5, 0.6) is 0 Å². The SMILES string of the molecule is CN(C/C=C/C#CC(C)(C)C)Cc1cccc2c(C(F)(F)F)csc12. The molecule has 5 heteroatoms. The predicted molar refractivity (Wildman–Crippen MR) is 99.5 cm³/mol. The number of hydrogen-bond donors (Lipinski definition) is 0. The minimum absolute atomic E-state index is 0.0265. The van der Waals surface area contributed by atoms with Gasteiger partial charge in [0.05, 0.1) is 5.56 Å². The number of nitrogens with zero attached hydrogens (tertiary/aromatic N) is 1. The average Bonchev–Trinajstić information content (AvgIpc) is 2.90. The van der Waals surface area contributed by atoms with E-state index in [9.17, 15) is 13.2 Å². The summed E-state index contributed by atoms with van der Waals surface area (Å²) >= 11 is 1.16. The summed E-state index contributed by atoms with van der Waals surface area (Å²) in [5.74, 6) is 6.14. The zero-order valence-corrected chi connectivity index (χ0v) is 15.7. The van der Waals surface area contributed by atoms with Crippen molar-refractivity contribution in [2.45, 2.75) is 33.5 Å². The Morgan fingerprint density at radius 3 is 2.56 bits per heavy atom. The highest BCUT2D eigenvalue weighted by Gasteiger charge is 2.33. The average molecular weight is 365 g/mol. The van der Waals surface area contributed by atoms with Crippen molar-refractivity contribution >= 4 is 21.4 Å². The van der Waals surface area contributed by atoms with Crippen LogP contribution in [0.25, 0.3) is 10.1 Å². The standard InChI is InChI=1S/C20H22F3NS/c1-19(2,3)11-6-5-7-12-24(4)13-15-9-8-10-16-17(20(21,22)23)14-25-18(15)16/h5,7-10,14H,12-13H2,1-4H3/b7-5+. The molecule has 0 unspecified atom stereocenters. The summed E-state index contributed by atoms with van der Waals surface area (Å²) in [6.07, 6.45) is -0.513. The number of hydrogen-bond acceptors (Lipinski definition) is 2. The Kier molecular flexibility index (Phi) is 5.97. The van der Waals surface area contributed by atoms with Gasteiger partial charge in [-0.2, -0.15) is 13.2 Å². The molecule has 0 N–H and O–H groups in total. The van der Waals surface area contributed by atoms with Crippen LogP contribution in [0.15, 0.2) is 35.7 Å². The van der Waals surface area contributed by atoms with Crippen LogP contribution < -0.4 is 0 Å². The number of fused-ring (bicyclic) bond motifs is 1. The highest BCUT2D eigenvalue weighted by Crippen LogP contribution is 2.39. The largest absolute Gasteiger partial charge is 0.417 e. The Bertz CT molecular complexity index is 813. The molecule has 2 aromatic rings. The van der Waals surface area contributed by atoms with E-state index in [0.29, 0.717) is 17.8 Å². The maximum absolute atomic E-state index is 13.0. The summed E-state index contributed by atoms with van der Waals surface area (Å²) < 4.78 is 39.8. The van der Waals surface area contributed by atoms with Crippen molar-refractivity contribution in [3.05, 3.63) is 46.9 Å². The third-order valence-corrected chi connectivity index (χ3v) is 4.56. The second kappa shape index (κ2) is 7.63. The Morgan fingerprint density at radius 2 is 1.92 bits per heavy atom. The highest BCUT2D eigenvalue weighted by molar-refractivity contribution is 7.17. The number of alkyl halides is 3. The van der Waals surface area contributed by atoms with Gasteiger partial charge in [-0.05, 0) is 39.5 Å². The van der Waals surface area contributed by atoms with E-state index < -0.39 is 11.7 Å². The summed E-state index contributed by atoms with van der Waals surface area (Å²) in [6, 6.07) is 5.12. The van der Waals surface area contributed by atoms with Gasteiger partial charge in [-0.3, -0.25) is 4.90 Å². The predicted octanol–water partition coefficient (Wildman–Crippen LogP) is 5.96. The van der Waals surface area contributed by atoms with Gasteiger partial charge < -0.3 is 0 Å². The lowest BCUT2D eigenvalue weighted by molar-refractivity contribution is -0.136. The van der Waals surface area contributed by atoms with Crippen molar-refractivity contribution in [2.24, 2.45) is 5.41 Å². The van der Waals surface area contributed by atoms with Gasteiger partial charge in [-0.1, -0.05) is 36.1 Å². The van der Waals surface area contributed by atoms with Crippen LogP contribution >= 0.6 is 11.3 Å². The Morgan fingerprint density at radius 1 is 1.20 bits per heavy atom. The molecule has 0 amide bonds. The molecule has 1 heterocycles. The number of thiophene rings is 1. The zero-order chi connectivity index (χ0) is 18.7. The van der Waals surface area contributed by atoms with Gasteiger partial charge in [0.15, 0.2) is 0 Å². The monoisotopic (exact) mass is 365 g/mol. The first-order valence-corrected chi connectivity index (χ1v) is 8.88. The van der Waals surface area contributed by atoms with Crippen LogP contribution in [0.1, 0.15) is 31.9 Å². The van der Waals surface area contributed by atoms with Crippen LogP contribution in [0, 0.1) is 17.3 Å². The maximum atomic E-state index is 13.0. The molecule has 0 bridgehead atoms. The molecule has 0 aliphatic rings. The molecule has 0 aliphatic heterocycles. The molecule has 1 aromatic heterocycles. The van der Waals surface area contributed by atoms with Crippen LogP contribution in [0.3, 0.4) is 0 Å². The summed E-state index contributed by atoms with van der Waals surface area (Å²) in [5, 5.41) is 1.49. The minimum atomic E-state index is -4.31. The summed E-state index contributed by atoms with van der Waals surface area (Å²) in [6.45, 7) is 7.43. The van der Waals surface area contributed by atoms with Gasteiger partial charge in [0.2, 0.25) is 0 Å². The molecule has 1 nitrogen and oxygen atoms in total. The Balaban J connectivity index is 2.09. The molecule has 0 aliphatic carbocycles. The van der Waals surface area contributed by atoms with E-state index in [0.717, 1.165) is 16.9 Å². The van der Waals surface area contributed by atoms with E-state index >= 15 is 0 Å². The van der Waals surface area contributed by atoms with Gasteiger partial charge >= 0.3 is 6.18 Å². The van der Waals surface area contributed by atoms with Crippen LogP contribution in [-0.4, -0.2) is 18.5 Å². The lowest BCUT2D eigenvalue weighted by Gasteiger charge is -2.15. The summed E-state index contributed by atoms with van der Waals surface area (Å²) in [4.78, 5) is 2.05. The van der Waals surface area contributed by atoms with Crippen LogP contribution in [0.4, 0.5) is 13.2 Å². The highest BCUT2D eigenvalue weighted by atomic mass is 32.1. The molecule has 0 fully saturated rings. The number of benzene rings is 1. The lowest BCUT2D eigenvalue weighted by atomic mass is 9.98. The van der Waals surface area contributed by atoms with Gasteiger partial charge in [0.1, 0.15) is 0 Å². The third kappa shape index (κ3) is 5.62. The maximum Gasteiger partial charge on any atom is 0.417 e. The first-order chi connectivity index (χ1) is 11.6. The van der Waals surface area contributed by atoms with E-state index in [4.69, 9.17) is 0 Å². The number of halogens is 3. The van der Waals surface area contributed by atoms with E-state index in [1.54, 1.807) is 12.1 Å². The van der Waals surface area contributed by atoms with Gasteiger partial charge in [-0.25, -0.2) is 0 Å². The molecule has 0 atom stereocenters. The Labute approximate surface area is 151 Å². The molecular weight excluding hydrogens is 343 g/mol. The zero-order valence-electron chi connectivity index (χ0n) is 14.9. The molecule has 0 saturated carbocycles.